The highest BCUT2D eigenvalue weighted by Gasteiger charge is 2.09. The molecule has 0 fully saturated rings. The summed E-state index contributed by atoms with van der Waals surface area (Å²) in [6, 6.07) is 7.08. The molecule has 1 aromatic carbocycles. The van der Waals surface area contributed by atoms with Crippen molar-refractivity contribution < 1.29 is 9.90 Å². The third-order valence-corrected chi connectivity index (χ3v) is 4.67. The van der Waals surface area contributed by atoms with Gasteiger partial charge in [-0.1, -0.05) is 0 Å². The summed E-state index contributed by atoms with van der Waals surface area (Å²) in [6.45, 7) is 0.685. The molecule has 3 aromatic heterocycles. The molecule has 0 spiro atoms. The first-order valence-corrected chi connectivity index (χ1v) is 9.24. The van der Waals surface area contributed by atoms with E-state index < -0.39 is 5.97 Å². The van der Waals surface area contributed by atoms with Crippen LogP contribution in [-0.4, -0.2) is 42.5 Å². The quantitative estimate of drug-likeness (QED) is 0.296. The Morgan fingerprint density at radius 3 is 2.93 bits per heavy atom. The molecule has 0 saturated carbocycles. The summed E-state index contributed by atoms with van der Waals surface area (Å²) in [4.78, 5) is 29.8. The Hall–Kier alpha value is -3.40. The van der Waals surface area contributed by atoms with Gasteiger partial charge in [0.25, 0.3) is 0 Å². The summed E-state index contributed by atoms with van der Waals surface area (Å²) in [5.41, 5.74) is 2.70. The summed E-state index contributed by atoms with van der Waals surface area (Å²) < 4.78 is 0.759. The summed E-state index contributed by atoms with van der Waals surface area (Å²) >= 11 is 3.45. The Kier molecular flexibility index (Phi) is 4.94. The smallest absolute Gasteiger partial charge is 0.352 e. The number of aromatic nitrogens is 5. The number of aromatic amines is 2. The topological polar surface area (TPSA) is 132 Å². The van der Waals surface area contributed by atoms with E-state index in [0.29, 0.717) is 18.3 Å². The summed E-state index contributed by atoms with van der Waals surface area (Å²) in [7, 11) is 0. The first-order chi connectivity index (χ1) is 13.6. The normalized spacial score (nSPS) is 10.9. The van der Waals surface area contributed by atoms with Gasteiger partial charge in [0.1, 0.15) is 11.5 Å². The minimum Gasteiger partial charge on any atom is -0.477 e. The molecule has 0 saturated heterocycles. The highest BCUT2D eigenvalue weighted by Crippen LogP contribution is 2.24. The monoisotopic (exact) mass is 441 g/mol. The number of carboxylic acid groups (broad SMARTS) is 1. The number of anilines is 3. The van der Waals surface area contributed by atoms with Crippen LogP contribution < -0.4 is 10.6 Å². The van der Waals surface area contributed by atoms with Crippen LogP contribution in [-0.2, 0) is 6.42 Å². The largest absolute Gasteiger partial charge is 0.477 e. The molecule has 4 rings (SSSR count). The number of nitrogens with one attached hydrogen (secondary N) is 4. The highest BCUT2D eigenvalue weighted by atomic mass is 79.9. The fraction of sp³-hybridized carbons (Fsp3) is 0.111. The maximum Gasteiger partial charge on any atom is 0.352 e. The molecule has 0 amide bonds. The van der Waals surface area contributed by atoms with Crippen LogP contribution in [0.2, 0.25) is 0 Å². The standard InChI is InChI=1S/C18H16BrN7O2/c19-13-8-22-18(26-16(13)21-4-3-12-7-20-9-23-12)24-11-1-2-14-10(5-11)6-15(25-14)17(27)28/h1-2,5-9,25H,3-4H2,(H,20,23)(H,27,28)(H2,21,22,24,26). The predicted molar refractivity (Wildman–Crippen MR) is 109 cm³/mol. The number of carboxylic acids is 1. The minimum absolute atomic E-state index is 0.149. The molecule has 28 heavy (non-hydrogen) atoms. The van der Waals surface area contributed by atoms with Crippen molar-refractivity contribution in [2.45, 2.75) is 6.42 Å². The molecule has 0 aliphatic rings. The van der Waals surface area contributed by atoms with Crippen LogP contribution in [0.3, 0.4) is 0 Å². The molecule has 0 atom stereocenters. The van der Waals surface area contributed by atoms with Crippen LogP contribution in [0.5, 0.6) is 0 Å². The third-order valence-electron chi connectivity index (χ3n) is 4.09. The van der Waals surface area contributed by atoms with Gasteiger partial charge in [0.05, 0.1) is 10.8 Å². The van der Waals surface area contributed by atoms with E-state index in [1.54, 1.807) is 24.8 Å². The molecule has 0 aliphatic heterocycles. The molecule has 5 N–H and O–H groups in total. The van der Waals surface area contributed by atoms with Crippen molar-refractivity contribution in [2.75, 3.05) is 17.2 Å². The third kappa shape index (κ3) is 3.96. The number of aromatic carboxylic acids is 1. The van der Waals surface area contributed by atoms with Crippen molar-refractivity contribution in [1.29, 1.82) is 0 Å². The van der Waals surface area contributed by atoms with Crippen LogP contribution in [0.15, 0.2) is 47.5 Å². The van der Waals surface area contributed by atoms with Gasteiger partial charge >= 0.3 is 5.97 Å². The van der Waals surface area contributed by atoms with Crippen molar-refractivity contribution in [1.82, 2.24) is 24.9 Å². The number of hydrogen-bond acceptors (Lipinski definition) is 6. The number of imidazole rings is 1. The number of benzene rings is 1. The van der Waals surface area contributed by atoms with Gasteiger partial charge in [0, 0.05) is 47.6 Å². The Labute approximate surface area is 167 Å². The van der Waals surface area contributed by atoms with Gasteiger partial charge in [-0.15, -0.1) is 0 Å². The molecular formula is C18H16BrN7O2. The molecule has 4 aromatic rings. The van der Waals surface area contributed by atoms with Crippen LogP contribution >= 0.6 is 15.9 Å². The summed E-state index contributed by atoms with van der Waals surface area (Å²) in [5, 5.41) is 16.3. The first kappa shape index (κ1) is 18.0. The van der Waals surface area contributed by atoms with Gasteiger partial charge in [-0.05, 0) is 40.2 Å². The molecule has 10 heteroatoms. The minimum atomic E-state index is -0.993. The molecule has 0 aliphatic carbocycles. The lowest BCUT2D eigenvalue weighted by atomic mass is 10.2. The Balaban J connectivity index is 1.48. The van der Waals surface area contributed by atoms with Crippen molar-refractivity contribution >= 4 is 50.3 Å². The zero-order valence-electron chi connectivity index (χ0n) is 14.5. The number of H-pyrrole nitrogens is 2. The van der Waals surface area contributed by atoms with Gasteiger partial charge in [-0.2, -0.15) is 4.98 Å². The molecule has 0 bridgehead atoms. The van der Waals surface area contributed by atoms with Crippen LogP contribution in [0.4, 0.5) is 17.5 Å². The van der Waals surface area contributed by atoms with E-state index in [-0.39, 0.29) is 5.69 Å². The Bertz CT molecular complexity index is 1120. The molecule has 9 nitrogen and oxygen atoms in total. The van der Waals surface area contributed by atoms with E-state index in [1.165, 1.54) is 0 Å². The van der Waals surface area contributed by atoms with Crippen molar-refractivity contribution in [3.8, 4) is 0 Å². The Morgan fingerprint density at radius 2 is 2.14 bits per heavy atom. The van der Waals surface area contributed by atoms with Gasteiger partial charge in [-0.25, -0.2) is 14.8 Å². The fourth-order valence-corrected chi connectivity index (χ4v) is 3.07. The number of fused-ring (bicyclic) bond motifs is 1. The molecule has 0 radical (unpaired) electrons. The second-order valence-corrected chi connectivity index (χ2v) is 6.91. The van der Waals surface area contributed by atoms with Crippen molar-refractivity contribution in [3.05, 3.63) is 58.8 Å². The van der Waals surface area contributed by atoms with E-state index in [9.17, 15) is 4.79 Å². The molecule has 0 unspecified atom stereocenters. The maximum atomic E-state index is 11.1. The van der Waals surface area contributed by atoms with E-state index >= 15 is 0 Å². The average Bonchev–Trinajstić information content (AvgIpc) is 3.33. The van der Waals surface area contributed by atoms with E-state index in [0.717, 1.165) is 33.2 Å². The number of carbonyl (C=O) groups is 1. The summed E-state index contributed by atoms with van der Waals surface area (Å²) in [6.07, 6.45) is 5.90. The van der Waals surface area contributed by atoms with E-state index in [4.69, 9.17) is 5.11 Å². The van der Waals surface area contributed by atoms with Gasteiger partial charge in [0.15, 0.2) is 0 Å². The number of nitrogens with zero attached hydrogens (tertiary/aromatic N) is 3. The van der Waals surface area contributed by atoms with Crippen LogP contribution in [0.25, 0.3) is 10.9 Å². The number of hydrogen-bond donors (Lipinski definition) is 5. The SMILES string of the molecule is O=C(O)c1cc2cc(Nc3ncc(Br)c(NCCc4cnc[nH]4)n3)ccc2[nH]1. The lowest BCUT2D eigenvalue weighted by Gasteiger charge is -2.10. The van der Waals surface area contributed by atoms with Crippen LogP contribution in [0, 0.1) is 0 Å². The van der Waals surface area contributed by atoms with E-state index in [2.05, 4.69) is 51.5 Å². The van der Waals surface area contributed by atoms with Gasteiger partial charge in [-0.3, -0.25) is 0 Å². The zero-order chi connectivity index (χ0) is 19.5. The first-order valence-electron chi connectivity index (χ1n) is 8.45. The highest BCUT2D eigenvalue weighted by molar-refractivity contribution is 9.10. The second kappa shape index (κ2) is 7.69. The Morgan fingerprint density at radius 1 is 1.25 bits per heavy atom. The molecule has 142 valence electrons. The average molecular weight is 442 g/mol. The fourth-order valence-electron chi connectivity index (χ4n) is 2.74. The van der Waals surface area contributed by atoms with Gasteiger partial charge in [0.2, 0.25) is 5.95 Å². The molecule has 3 heterocycles. The second-order valence-electron chi connectivity index (χ2n) is 6.06. The lowest BCUT2D eigenvalue weighted by molar-refractivity contribution is 0.0691. The zero-order valence-corrected chi connectivity index (χ0v) is 16.1. The predicted octanol–water partition coefficient (Wildman–Crippen LogP) is 3.54. The van der Waals surface area contributed by atoms with E-state index in [1.807, 2.05) is 18.2 Å². The van der Waals surface area contributed by atoms with Crippen LogP contribution in [0.1, 0.15) is 16.2 Å². The van der Waals surface area contributed by atoms with Crippen molar-refractivity contribution in [3.63, 3.8) is 0 Å². The molecular weight excluding hydrogens is 426 g/mol. The number of halogens is 1. The lowest BCUT2D eigenvalue weighted by Crippen LogP contribution is -2.09. The van der Waals surface area contributed by atoms with Crippen molar-refractivity contribution in [2.24, 2.45) is 0 Å². The summed E-state index contributed by atoms with van der Waals surface area (Å²) in [5.74, 6) is 0.112. The maximum absolute atomic E-state index is 11.1. The van der Waals surface area contributed by atoms with Gasteiger partial charge < -0.3 is 25.7 Å². The number of rotatable bonds is 7.